The van der Waals surface area contributed by atoms with E-state index in [-0.39, 0.29) is 5.75 Å². The molecule has 0 aliphatic heterocycles. The molecule has 1 rings (SSSR count). The topological polar surface area (TPSA) is 40.5 Å². The highest BCUT2D eigenvalue weighted by Gasteiger charge is 2.03. The standard InChI is InChI=1S/C9H12O2.CH4S/c1-3-7-5-8(10)4-6(2)9(7)11;1-2/h4-5,10-11H,3H2,1-2H3;2H,1H3. The molecule has 0 radical (unpaired) electrons. The molecular formula is C10H16O2S. The molecule has 0 amide bonds. The monoisotopic (exact) mass is 200 g/mol. The Balaban J connectivity index is 0.000000671. The quantitative estimate of drug-likeness (QED) is 0.481. The third-order valence-electron chi connectivity index (χ3n) is 1.75. The van der Waals surface area contributed by atoms with Crippen molar-refractivity contribution in [2.24, 2.45) is 0 Å². The van der Waals surface area contributed by atoms with E-state index in [1.807, 2.05) is 6.92 Å². The van der Waals surface area contributed by atoms with Gasteiger partial charge in [-0.05, 0) is 42.9 Å². The number of hydrogen-bond acceptors (Lipinski definition) is 3. The minimum absolute atomic E-state index is 0.220. The van der Waals surface area contributed by atoms with Crippen LogP contribution in [0.4, 0.5) is 0 Å². The molecule has 0 saturated carbocycles. The van der Waals surface area contributed by atoms with Crippen LogP contribution < -0.4 is 0 Å². The van der Waals surface area contributed by atoms with Crippen LogP contribution in [0.3, 0.4) is 0 Å². The first-order valence-corrected chi connectivity index (χ1v) is 5.00. The molecular weight excluding hydrogens is 184 g/mol. The van der Waals surface area contributed by atoms with E-state index in [9.17, 15) is 5.11 Å². The second-order valence-corrected chi connectivity index (χ2v) is 2.62. The first-order valence-electron chi connectivity index (χ1n) is 4.11. The largest absolute Gasteiger partial charge is 0.508 e. The van der Waals surface area contributed by atoms with Gasteiger partial charge in [0, 0.05) is 0 Å². The zero-order chi connectivity index (χ0) is 10.4. The van der Waals surface area contributed by atoms with E-state index >= 15 is 0 Å². The molecule has 1 aromatic carbocycles. The molecule has 0 spiro atoms. The van der Waals surface area contributed by atoms with E-state index in [1.165, 1.54) is 0 Å². The first kappa shape index (κ1) is 12.2. The summed E-state index contributed by atoms with van der Waals surface area (Å²) in [6.07, 6.45) is 2.43. The van der Waals surface area contributed by atoms with E-state index in [4.69, 9.17) is 5.11 Å². The Morgan fingerprint density at radius 3 is 2.23 bits per heavy atom. The van der Waals surface area contributed by atoms with Crippen LogP contribution in [-0.4, -0.2) is 16.5 Å². The summed E-state index contributed by atoms with van der Waals surface area (Å²) in [6.45, 7) is 3.71. The highest BCUT2D eigenvalue weighted by atomic mass is 32.1. The van der Waals surface area contributed by atoms with Gasteiger partial charge in [-0.25, -0.2) is 0 Å². The zero-order valence-electron chi connectivity index (χ0n) is 8.20. The molecule has 0 aliphatic rings. The number of aryl methyl sites for hydroxylation is 2. The van der Waals surface area contributed by atoms with E-state index in [0.717, 1.165) is 17.5 Å². The SMILES string of the molecule is CCc1cc(O)cc(C)c1O.CS. The lowest BCUT2D eigenvalue weighted by Gasteiger charge is -2.04. The van der Waals surface area contributed by atoms with Gasteiger partial charge in [0.15, 0.2) is 0 Å². The Morgan fingerprint density at radius 1 is 1.23 bits per heavy atom. The van der Waals surface area contributed by atoms with Crippen LogP contribution in [0.1, 0.15) is 18.1 Å². The Bertz CT molecular complexity index is 272. The van der Waals surface area contributed by atoms with E-state index in [2.05, 4.69) is 12.6 Å². The van der Waals surface area contributed by atoms with Crippen LogP contribution in [0.15, 0.2) is 12.1 Å². The van der Waals surface area contributed by atoms with Gasteiger partial charge in [0.25, 0.3) is 0 Å². The highest BCUT2D eigenvalue weighted by molar-refractivity contribution is 7.79. The molecule has 2 N–H and O–H groups in total. The average Bonchev–Trinajstić information content (AvgIpc) is 2.14. The normalized spacial score (nSPS) is 8.92. The Morgan fingerprint density at radius 2 is 1.77 bits per heavy atom. The highest BCUT2D eigenvalue weighted by Crippen LogP contribution is 2.26. The lowest BCUT2D eigenvalue weighted by atomic mass is 10.1. The van der Waals surface area contributed by atoms with Crippen LogP contribution in [0.2, 0.25) is 0 Å². The molecule has 0 saturated heterocycles. The number of thiol groups is 1. The van der Waals surface area contributed by atoms with Gasteiger partial charge in [-0.2, -0.15) is 12.6 Å². The first-order chi connectivity index (χ1) is 6.15. The van der Waals surface area contributed by atoms with Gasteiger partial charge in [0.05, 0.1) is 0 Å². The Labute approximate surface area is 84.6 Å². The van der Waals surface area contributed by atoms with Crippen molar-refractivity contribution in [1.29, 1.82) is 0 Å². The summed E-state index contributed by atoms with van der Waals surface area (Å²) in [5, 5.41) is 18.5. The van der Waals surface area contributed by atoms with Crippen molar-refractivity contribution in [3.63, 3.8) is 0 Å². The molecule has 74 valence electrons. The van der Waals surface area contributed by atoms with Crippen LogP contribution in [0.5, 0.6) is 11.5 Å². The summed E-state index contributed by atoms with van der Waals surface area (Å²) >= 11 is 3.53. The van der Waals surface area contributed by atoms with Gasteiger partial charge >= 0.3 is 0 Å². The fourth-order valence-electron chi connectivity index (χ4n) is 1.10. The van der Waals surface area contributed by atoms with Crippen LogP contribution in [0.25, 0.3) is 0 Å². The predicted octanol–water partition coefficient (Wildman–Crippen LogP) is 2.51. The van der Waals surface area contributed by atoms with Crippen molar-refractivity contribution in [2.75, 3.05) is 6.26 Å². The summed E-state index contributed by atoms with van der Waals surface area (Å²) in [6, 6.07) is 3.14. The number of aromatic hydroxyl groups is 2. The van der Waals surface area contributed by atoms with Crippen LogP contribution in [0, 0.1) is 6.92 Å². The van der Waals surface area contributed by atoms with Crippen molar-refractivity contribution in [3.8, 4) is 11.5 Å². The molecule has 0 fully saturated rings. The van der Waals surface area contributed by atoms with Crippen molar-refractivity contribution in [3.05, 3.63) is 23.3 Å². The summed E-state index contributed by atoms with van der Waals surface area (Å²) in [5.41, 5.74) is 1.52. The van der Waals surface area contributed by atoms with E-state index < -0.39 is 0 Å². The maximum atomic E-state index is 9.41. The third-order valence-corrected chi connectivity index (χ3v) is 1.75. The Hall–Kier alpha value is -0.830. The molecule has 1 aromatic rings. The minimum atomic E-state index is 0.220. The van der Waals surface area contributed by atoms with Crippen molar-refractivity contribution in [1.82, 2.24) is 0 Å². The predicted molar refractivity (Wildman–Crippen MR) is 58.8 cm³/mol. The van der Waals surface area contributed by atoms with Gasteiger partial charge in [-0.3, -0.25) is 0 Å². The molecule has 2 nitrogen and oxygen atoms in total. The van der Waals surface area contributed by atoms with Crippen molar-refractivity contribution in [2.45, 2.75) is 20.3 Å². The lowest BCUT2D eigenvalue weighted by Crippen LogP contribution is -1.84. The molecule has 0 aliphatic carbocycles. The average molecular weight is 200 g/mol. The molecule has 0 aromatic heterocycles. The van der Waals surface area contributed by atoms with Crippen molar-refractivity contribution >= 4 is 12.6 Å². The molecule has 0 unspecified atom stereocenters. The second-order valence-electron chi connectivity index (χ2n) is 2.62. The minimum Gasteiger partial charge on any atom is -0.508 e. The van der Waals surface area contributed by atoms with E-state index in [1.54, 1.807) is 25.3 Å². The van der Waals surface area contributed by atoms with Gasteiger partial charge < -0.3 is 10.2 Å². The zero-order valence-corrected chi connectivity index (χ0v) is 9.10. The van der Waals surface area contributed by atoms with Crippen molar-refractivity contribution < 1.29 is 10.2 Å². The number of benzene rings is 1. The second kappa shape index (κ2) is 5.75. The maximum absolute atomic E-state index is 9.41. The summed E-state index contributed by atoms with van der Waals surface area (Å²) < 4.78 is 0. The number of phenolic OH excluding ortho intramolecular Hbond substituents is 2. The molecule has 0 heterocycles. The van der Waals surface area contributed by atoms with E-state index in [0.29, 0.717) is 5.75 Å². The van der Waals surface area contributed by atoms with Gasteiger partial charge in [0.1, 0.15) is 11.5 Å². The van der Waals surface area contributed by atoms with Gasteiger partial charge in [0.2, 0.25) is 0 Å². The maximum Gasteiger partial charge on any atom is 0.121 e. The van der Waals surface area contributed by atoms with Gasteiger partial charge in [-0.1, -0.05) is 6.92 Å². The third kappa shape index (κ3) is 3.19. The summed E-state index contributed by atoms with van der Waals surface area (Å²) in [4.78, 5) is 0. The fraction of sp³-hybridized carbons (Fsp3) is 0.400. The molecule has 13 heavy (non-hydrogen) atoms. The lowest BCUT2D eigenvalue weighted by molar-refractivity contribution is 0.451. The molecule has 0 bridgehead atoms. The Kier molecular flexibility index (Phi) is 5.39. The number of phenols is 2. The summed E-state index contributed by atoms with van der Waals surface area (Å²) in [5.74, 6) is 0.516. The number of hydrogen-bond donors (Lipinski definition) is 3. The van der Waals surface area contributed by atoms with Crippen LogP contribution >= 0.6 is 12.6 Å². The fourth-order valence-corrected chi connectivity index (χ4v) is 1.10. The smallest absolute Gasteiger partial charge is 0.121 e. The molecule has 3 heteroatoms. The van der Waals surface area contributed by atoms with Gasteiger partial charge in [-0.15, -0.1) is 0 Å². The summed E-state index contributed by atoms with van der Waals surface area (Å²) in [7, 11) is 0. The number of rotatable bonds is 1. The van der Waals surface area contributed by atoms with Crippen LogP contribution in [-0.2, 0) is 6.42 Å². The molecule has 0 atom stereocenters.